The normalized spacial score (nSPS) is 8.00. The third-order valence-electron chi connectivity index (χ3n) is 0.607. The van der Waals surface area contributed by atoms with Crippen molar-refractivity contribution in [1.29, 1.82) is 0 Å². The fraction of sp³-hybridized carbons (Fsp3) is 0. The average molecular weight is 114 g/mol. The van der Waals surface area contributed by atoms with Crippen molar-refractivity contribution < 1.29 is 15.0 Å². The van der Waals surface area contributed by atoms with E-state index >= 15 is 0 Å². The van der Waals surface area contributed by atoms with Crippen LogP contribution in [0.5, 0.6) is 0 Å². The highest BCUT2D eigenvalue weighted by Gasteiger charge is 2.04. The van der Waals surface area contributed by atoms with Crippen LogP contribution in [0.3, 0.4) is 0 Å². The molecule has 0 aromatic heterocycles. The van der Waals surface area contributed by atoms with Crippen LogP contribution in [0.15, 0.2) is 24.5 Å². The van der Waals surface area contributed by atoms with E-state index in [1.54, 1.807) is 0 Å². The Labute approximate surface area is 46.6 Å². The van der Waals surface area contributed by atoms with Crippen LogP contribution >= 0.6 is 0 Å². The van der Waals surface area contributed by atoms with Gasteiger partial charge in [-0.2, -0.15) is 0 Å². The van der Waals surface area contributed by atoms with Crippen molar-refractivity contribution in [2.24, 2.45) is 0 Å². The average Bonchev–Trinajstić information content (AvgIpc) is 1.64. The molecule has 8 heavy (non-hydrogen) atoms. The Morgan fingerprint density at radius 2 is 1.62 bits per heavy atom. The predicted octanol–water partition coefficient (Wildman–Crippen LogP) is 0.699. The van der Waals surface area contributed by atoms with Gasteiger partial charge in [-0.3, -0.25) is 0 Å². The molecule has 44 valence electrons. The number of rotatable bonds is 2. The number of aliphatic hydroxyl groups excluding tert-OH is 1. The smallest absolute Gasteiger partial charge is 0.338 e. The molecule has 0 aliphatic heterocycles. The highest BCUT2D eigenvalue weighted by molar-refractivity contribution is 5.89. The van der Waals surface area contributed by atoms with Crippen LogP contribution in [0.2, 0.25) is 0 Å². The molecule has 0 unspecified atom stereocenters. The van der Waals surface area contributed by atoms with Gasteiger partial charge >= 0.3 is 5.97 Å². The third-order valence-corrected chi connectivity index (χ3v) is 0.607. The zero-order valence-electron chi connectivity index (χ0n) is 4.22. The molecule has 0 atom stereocenters. The van der Waals surface area contributed by atoms with Crippen LogP contribution in [0.4, 0.5) is 0 Å². The Morgan fingerprint density at radius 3 is 1.62 bits per heavy atom. The fourth-order valence-electron chi connectivity index (χ4n) is 0.123. The lowest BCUT2D eigenvalue weighted by atomic mass is 10.3. The van der Waals surface area contributed by atoms with Gasteiger partial charge in [0, 0.05) is 0 Å². The number of carbonyl (C=O) groups is 1. The monoisotopic (exact) mass is 114 g/mol. The number of hydrogen-bond donors (Lipinski definition) is 2. The number of aliphatic carboxylic acids is 1. The number of aliphatic hydroxyl groups is 1. The maximum absolute atomic E-state index is 9.82. The quantitative estimate of drug-likeness (QED) is 0.315. The molecule has 0 saturated heterocycles. The SMILES string of the molecule is C=C(O)C(=C)C(=O)O. The molecule has 0 saturated carbocycles. The Kier molecular flexibility index (Phi) is 1.82. The summed E-state index contributed by atoms with van der Waals surface area (Å²) >= 11 is 0. The molecule has 2 N–H and O–H groups in total. The lowest BCUT2D eigenvalue weighted by Gasteiger charge is -1.92. The Morgan fingerprint density at radius 1 is 1.25 bits per heavy atom. The second-order valence-electron chi connectivity index (χ2n) is 1.23. The van der Waals surface area contributed by atoms with Crippen LogP contribution in [0.25, 0.3) is 0 Å². The van der Waals surface area contributed by atoms with E-state index in [2.05, 4.69) is 13.2 Å². The molecule has 0 aliphatic carbocycles. The standard InChI is InChI=1S/C5H6O3/c1-3(4(2)6)5(7)8/h6H,1-2H2,(H,7,8). The van der Waals surface area contributed by atoms with E-state index < -0.39 is 11.7 Å². The molecule has 3 heteroatoms. The zero-order chi connectivity index (χ0) is 6.73. The van der Waals surface area contributed by atoms with Crippen molar-refractivity contribution in [3.8, 4) is 0 Å². The maximum Gasteiger partial charge on any atom is 0.338 e. The minimum Gasteiger partial charge on any atom is -0.508 e. The summed E-state index contributed by atoms with van der Waals surface area (Å²) in [6.45, 7) is 5.96. The minimum absolute atomic E-state index is 0.370. The molecule has 0 aromatic rings. The summed E-state index contributed by atoms with van der Waals surface area (Å²) in [6, 6.07) is 0. The predicted molar refractivity (Wildman–Crippen MR) is 28.5 cm³/mol. The van der Waals surface area contributed by atoms with Crippen molar-refractivity contribution >= 4 is 5.97 Å². The summed E-state index contributed by atoms with van der Waals surface area (Å²) in [5.74, 6) is -1.75. The highest BCUT2D eigenvalue weighted by atomic mass is 16.4. The molecule has 0 heterocycles. The molecule has 0 radical (unpaired) electrons. The highest BCUT2D eigenvalue weighted by Crippen LogP contribution is 1.98. The topological polar surface area (TPSA) is 57.5 Å². The first-order chi connectivity index (χ1) is 3.55. The largest absolute Gasteiger partial charge is 0.508 e. The van der Waals surface area contributed by atoms with E-state index in [-0.39, 0.29) is 5.57 Å². The Hall–Kier alpha value is -1.25. The first-order valence-corrected chi connectivity index (χ1v) is 1.86. The summed E-state index contributed by atoms with van der Waals surface area (Å²) in [5, 5.41) is 16.3. The van der Waals surface area contributed by atoms with Crippen molar-refractivity contribution in [3.63, 3.8) is 0 Å². The lowest BCUT2D eigenvalue weighted by Crippen LogP contribution is -1.99. The van der Waals surface area contributed by atoms with E-state index in [9.17, 15) is 4.79 Å². The molecule has 0 spiro atoms. The number of carboxylic acid groups (broad SMARTS) is 1. The van der Waals surface area contributed by atoms with Gasteiger partial charge in [-0.1, -0.05) is 13.2 Å². The van der Waals surface area contributed by atoms with Crippen LogP contribution in [0, 0.1) is 0 Å². The summed E-state index contributed by atoms with van der Waals surface area (Å²) in [6.07, 6.45) is 0. The third kappa shape index (κ3) is 1.47. The fourth-order valence-corrected chi connectivity index (χ4v) is 0.123. The van der Waals surface area contributed by atoms with Gasteiger partial charge in [0.2, 0.25) is 0 Å². The first kappa shape index (κ1) is 6.75. The van der Waals surface area contributed by atoms with E-state index in [0.29, 0.717) is 0 Å². The van der Waals surface area contributed by atoms with Gasteiger partial charge in [0.25, 0.3) is 0 Å². The van der Waals surface area contributed by atoms with Gasteiger partial charge in [-0.15, -0.1) is 0 Å². The van der Waals surface area contributed by atoms with Crippen LogP contribution in [-0.2, 0) is 4.79 Å². The lowest BCUT2D eigenvalue weighted by molar-refractivity contribution is -0.132. The molecular formula is C5H6O3. The molecule has 0 rings (SSSR count). The van der Waals surface area contributed by atoms with Crippen LogP contribution in [-0.4, -0.2) is 16.2 Å². The maximum atomic E-state index is 9.82. The molecule has 0 aliphatic rings. The van der Waals surface area contributed by atoms with Gasteiger partial charge in [-0.25, -0.2) is 4.79 Å². The second kappa shape index (κ2) is 2.16. The first-order valence-electron chi connectivity index (χ1n) is 1.86. The summed E-state index contributed by atoms with van der Waals surface area (Å²) in [4.78, 5) is 9.82. The van der Waals surface area contributed by atoms with Gasteiger partial charge in [-0.05, 0) is 0 Å². The summed E-state index contributed by atoms with van der Waals surface area (Å²) in [7, 11) is 0. The van der Waals surface area contributed by atoms with E-state index in [1.807, 2.05) is 0 Å². The minimum atomic E-state index is -1.25. The van der Waals surface area contributed by atoms with E-state index in [0.717, 1.165) is 0 Å². The Bertz CT molecular complexity index is 130. The van der Waals surface area contributed by atoms with Crippen molar-refractivity contribution in [2.75, 3.05) is 0 Å². The summed E-state index contributed by atoms with van der Waals surface area (Å²) in [5.41, 5.74) is -0.370. The van der Waals surface area contributed by atoms with Gasteiger partial charge in [0.05, 0.1) is 5.57 Å². The Balaban J connectivity index is 4.05. The van der Waals surface area contributed by atoms with Crippen molar-refractivity contribution in [2.45, 2.75) is 0 Å². The van der Waals surface area contributed by atoms with Gasteiger partial charge in [0.15, 0.2) is 0 Å². The second-order valence-corrected chi connectivity index (χ2v) is 1.23. The summed E-state index contributed by atoms with van der Waals surface area (Å²) < 4.78 is 0. The molecule has 3 nitrogen and oxygen atoms in total. The molecule has 0 amide bonds. The molecular weight excluding hydrogens is 108 g/mol. The molecule has 0 bridgehead atoms. The number of hydrogen-bond acceptors (Lipinski definition) is 2. The van der Waals surface area contributed by atoms with Gasteiger partial charge in [0.1, 0.15) is 5.76 Å². The molecule has 0 fully saturated rings. The zero-order valence-corrected chi connectivity index (χ0v) is 4.22. The van der Waals surface area contributed by atoms with Gasteiger partial charge < -0.3 is 10.2 Å². The van der Waals surface area contributed by atoms with Crippen LogP contribution in [0.1, 0.15) is 0 Å². The van der Waals surface area contributed by atoms with Crippen molar-refractivity contribution in [3.05, 3.63) is 24.5 Å². The van der Waals surface area contributed by atoms with E-state index in [4.69, 9.17) is 10.2 Å². The molecule has 0 aromatic carbocycles. The van der Waals surface area contributed by atoms with Crippen molar-refractivity contribution in [1.82, 2.24) is 0 Å². The number of carboxylic acids is 1. The van der Waals surface area contributed by atoms with Crippen LogP contribution < -0.4 is 0 Å². The van der Waals surface area contributed by atoms with E-state index in [1.165, 1.54) is 0 Å².